The fourth-order valence-electron chi connectivity index (χ4n) is 8.43. The molecule has 71 heavy (non-hydrogen) atoms. The van der Waals surface area contributed by atoms with Crippen LogP contribution in [0.15, 0.2) is 85.1 Å². The number of unbranched alkanes of at least 4 members (excludes halogenated alkanes) is 16. The van der Waals surface area contributed by atoms with Gasteiger partial charge in [0.25, 0.3) is 0 Å². The van der Waals surface area contributed by atoms with E-state index in [2.05, 4.69) is 79.9 Å². The van der Waals surface area contributed by atoms with E-state index in [4.69, 9.17) is 18.9 Å². The predicted octanol–water partition coefficient (Wildman–Crippen LogP) is 8.16. The minimum atomic E-state index is -1.80. The smallest absolute Gasteiger partial charge is 0.220 e. The Labute approximate surface area is 427 Å². The Morgan fingerprint density at radius 3 is 1.46 bits per heavy atom. The number of aliphatic hydroxyl groups excluding tert-OH is 8. The number of carbonyl (C=O) groups excluding carboxylic acids is 1. The molecule has 0 radical (unpaired) electrons. The summed E-state index contributed by atoms with van der Waals surface area (Å²) in [6.07, 6.45) is 39.1. The number of amides is 1. The molecule has 0 saturated carbocycles. The van der Waals surface area contributed by atoms with Crippen LogP contribution in [0.1, 0.15) is 174 Å². The lowest BCUT2D eigenvalue weighted by atomic mass is 9.97. The molecule has 2 aliphatic heterocycles. The summed E-state index contributed by atoms with van der Waals surface area (Å²) in [6, 6.07) is -0.960. The zero-order valence-corrected chi connectivity index (χ0v) is 43.4. The normalized spacial score (nSPS) is 26.5. The number of hydrogen-bond acceptors (Lipinski definition) is 13. The first-order valence-electron chi connectivity index (χ1n) is 27.3. The van der Waals surface area contributed by atoms with Crippen LogP contribution in [0.2, 0.25) is 0 Å². The van der Waals surface area contributed by atoms with Crippen LogP contribution >= 0.6 is 0 Å². The van der Waals surface area contributed by atoms with Crippen LogP contribution in [0.5, 0.6) is 0 Å². The van der Waals surface area contributed by atoms with Crippen molar-refractivity contribution in [3.63, 3.8) is 0 Å². The molecule has 9 N–H and O–H groups in total. The Kier molecular flexibility index (Phi) is 38.5. The highest BCUT2D eigenvalue weighted by Gasteiger charge is 2.51. The van der Waals surface area contributed by atoms with Gasteiger partial charge in [-0.3, -0.25) is 4.79 Å². The summed E-state index contributed by atoms with van der Waals surface area (Å²) < 4.78 is 22.7. The maximum absolute atomic E-state index is 13.2. The van der Waals surface area contributed by atoms with Gasteiger partial charge in [0, 0.05) is 6.42 Å². The molecule has 12 atom stereocenters. The monoisotopic (exact) mass is 1000 g/mol. The van der Waals surface area contributed by atoms with E-state index in [9.17, 15) is 45.6 Å². The van der Waals surface area contributed by atoms with Crippen molar-refractivity contribution < 1.29 is 64.6 Å². The standard InChI is InChI=1S/C57H97NO13/c1-3-5-7-9-11-13-15-17-19-21-23-25-27-29-31-33-35-37-39-41-49(62)58-45(46(61)40-38-36-34-32-30-28-26-24-22-20-18-16-14-12-10-8-6-4-2)44-68-56-54(67)52(65)55(48(43-60)70-56)71-57-53(66)51(64)50(63)47(42-59)69-57/h5,7,11,13,17,19,23,25,29,31,35,37-38,40,45-48,50-57,59-61,63-67H,3-4,6,8-10,12,14-16,18,20-22,24,26-28,30,32-34,36,39,41-44H2,1-2H3,(H,58,62)/b7-5-,13-11-,19-17-,25-23-,31-29-,37-35-,40-38+. The highest BCUT2D eigenvalue weighted by Crippen LogP contribution is 2.30. The van der Waals surface area contributed by atoms with E-state index < -0.39 is 86.8 Å². The third-order valence-corrected chi connectivity index (χ3v) is 12.9. The van der Waals surface area contributed by atoms with Crippen LogP contribution in [-0.4, -0.2) is 140 Å². The summed E-state index contributed by atoms with van der Waals surface area (Å²) in [7, 11) is 0. The summed E-state index contributed by atoms with van der Waals surface area (Å²) in [5.74, 6) is -0.324. The van der Waals surface area contributed by atoms with Gasteiger partial charge < -0.3 is 65.1 Å². The topological polar surface area (TPSA) is 228 Å². The molecule has 2 fully saturated rings. The SMILES string of the molecule is CC/C=C\C/C=C\C/C=C\C/C=C\C/C=C\C/C=C\CCC(=O)NC(COC1OC(CO)C(OC2OC(CO)C(O)C(O)C2O)C(O)C1O)C(O)/C=C/CCCCCCCCCCCCCCCCCC. The van der Waals surface area contributed by atoms with Gasteiger partial charge in [0.1, 0.15) is 48.8 Å². The van der Waals surface area contributed by atoms with Gasteiger partial charge in [0.05, 0.1) is 32.0 Å². The van der Waals surface area contributed by atoms with Gasteiger partial charge in [0.2, 0.25) is 5.91 Å². The largest absolute Gasteiger partial charge is 0.394 e. The van der Waals surface area contributed by atoms with Crippen LogP contribution < -0.4 is 5.32 Å². The summed E-state index contributed by atoms with van der Waals surface area (Å²) in [4.78, 5) is 13.2. The van der Waals surface area contributed by atoms with E-state index in [1.807, 2.05) is 18.2 Å². The first-order chi connectivity index (χ1) is 34.6. The molecule has 408 valence electrons. The molecule has 2 aliphatic rings. The third-order valence-electron chi connectivity index (χ3n) is 12.9. The minimum Gasteiger partial charge on any atom is -0.394 e. The molecule has 2 saturated heterocycles. The number of aliphatic hydroxyl groups is 8. The third kappa shape index (κ3) is 29.0. The quantitative estimate of drug-likeness (QED) is 0.0208. The fraction of sp³-hybridized carbons (Fsp3) is 0.737. The number of allylic oxidation sites excluding steroid dienone is 13. The van der Waals surface area contributed by atoms with Crippen LogP contribution in [0.25, 0.3) is 0 Å². The highest BCUT2D eigenvalue weighted by atomic mass is 16.7. The van der Waals surface area contributed by atoms with Crippen molar-refractivity contribution in [3.05, 3.63) is 85.1 Å². The lowest BCUT2D eigenvalue weighted by Gasteiger charge is -2.46. The van der Waals surface area contributed by atoms with E-state index in [1.54, 1.807) is 6.08 Å². The number of nitrogens with one attached hydrogen (secondary N) is 1. The van der Waals surface area contributed by atoms with Crippen molar-refractivity contribution in [2.45, 2.75) is 248 Å². The van der Waals surface area contributed by atoms with Gasteiger partial charge in [-0.1, -0.05) is 195 Å². The van der Waals surface area contributed by atoms with Crippen molar-refractivity contribution in [2.75, 3.05) is 19.8 Å². The highest BCUT2D eigenvalue weighted by molar-refractivity contribution is 5.76. The molecule has 2 heterocycles. The van der Waals surface area contributed by atoms with Crippen molar-refractivity contribution in [3.8, 4) is 0 Å². The van der Waals surface area contributed by atoms with Crippen molar-refractivity contribution in [1.29, 1.82) is 0 Å². The Hall–Kier alpha value is -2.83. The van der Waals surface area contributed by atoms with Gasteiger partial charge >= 0.3 is 0 Å². The van der Waals surface area contributed by atoms with Crippen LogP contribution in [0, 0.1) is 0 Å². The average molecular weight is 1000 g/mol. The molecule has 0 aromatic heterocycles. The molecular weight excluding hydrogens is 907 g/mol. The first-order valence-corrected chi connectivity index (χ1v) is 27.3. The number of hydrogen-bond donors (Lipinski definition) is 9. The van der Waals surface area contributed by atoms with E-state index in [0.717, 1.165) is 64.2 Å². The Bertz CT molecular complexity index is 1510. The minimum absolute atomic E-state index is 0.152. The average Bonchev–Trinajstić information content (AvgIpc) is 3.37. The van der Waals surface area contributed by atoms with E-state index in [-0.39, 0.29) is 18.9 Å². The number of carbonyl (C=O) groups is 1. The maximum Gasteiger partial charge on any atom is 0.220 e. The second-order valence-electron chi connectivity index (χ2n) is 19.0. The van der Waals surface area contributed by atoms with Crippen molar-refractivity contribution in [2.24, 2.45) is 0 Å². The van der Waals surface area contributed by atoms with Gasteiger partial charge in [-0.25, -0.2) is 0 Å². The van der Waals surface area contributed by atoms with E-state index in [1.165, 1.54) is 83.5 Å². The zero-order chi connectivity index (χ0) is 51.7. The lowest BCUT2D eigenvalue weighted by molar-refractivity contribution is -0.359. The molecule has 14 heteroatoms. The maximum atomic E-state index is 13.2. The second-order valence-corrected chi connectivity index (χ2v) is 19.0. The molecule has 2 rings (SSSR count). The molecule has 0 aromatic rings. The fourth-order valence-corrected chi connectivity index (χ4v) is 8.43. The molecule has 12 unspecified atom stereocenters. The Balaban J connectivity index is 1.86. The van der Waals surface area contributed by atoms with Crippen LogP contribution in [-0.2, 0) is 23.7 Å². The van der Waals surface area contributed by atoms with Crippen LogP contribution in [0.3, 0.4) is 0 Å². The Morgan fingerprint density at radius 2 is 0.972 bits per heavy atom. The van der Waals surface area contributed by atoms with Crippen molar-refractivity contribution >= 4 is 5.91 Å². The van der Waals surface area contributed by atoms with E-state index in [0.29, 0.717) is 6.42 Å². The number of ether oxygens (including phenoxy) is 4. The molecule has 0 aliphatic carbocycles. The zero-order valence-electron chi connectivity index (χ0n) is 43.4. The summed E-state index contributed by atoms with van der Waals surface area (Å²) in [5, 5.41) is 86.8. The molecule has 0 aromatic carbocycles. The second kappa shape index (κ2) is 42.5. The van der Waals surface area contributed by atoms with Gasteiger partial charge in [-0.2, -0.15) is 0 Å². The first kappa shape index (κ1) is 64.3. The van der Waals surface area contributed by atoms with Gasteiger partial charge in [-0.05, 0) is 57.8 Å². The van der Waals surface area contributed by atoms with Gasteiger partial charge in [0.15, 0.2) is 12.6 Å². The summed E-state index contributed by atoms with van der Waals surface area (Å²) in [6.45, 7) is 2.62. The van der Waals surface area contributed by atoms with Crippen molar-refractivity contribution in [1.82, 2.24) is 5.32 Å². The predicted molar refractivity (Wildman–Crippen MR) is 281 cm³/mol. The van der Waals surface area contributed by atoms with Gasteiger partial charge in [-0.15, -0.1) is 0 Å². The molecule has 1 amide bonds. The molecule has 0 spiro atoms. The molecular formula is C57H97NO13. The lowest BCUT2D eigenvalue weighted by Crippen LogP contribution is -2.65. The number of rotatable bonds is 41. The summed E-state index contributed by atoms with van der Waals surface area (Å²) in [5.41, 5.74) is 0. The van der Waals surface area contributed by atoms with Crippen LogP contribution in [0.4, 0.5) is 0 Å². The Morgan fingerprint density at radius 1 is 0.521 bits per heavy atom. The van der Waals surface area contributed by atoms with E-state index >= 15 is 0 Å². The summed E-state index contributed by atoms with van der Waals surface area (Å²) >= 11 is 0. The molecule has 14 nitrogen and oxygen atoms in total. The molecule has 0 bridgehead atoms.